The van der Waals surface area contributed by atoms with Gasteiger partial charge in [0.25, 0.3) is 0 Å². The van der Waals surface area contributed by atoms with Gasteiger partial charge in [-0.3, -0.25) is 0 Å². The van der Waals surface area contributed by atoms with Crippen LogP contribution in [0.15, 0.2) is 170 Å². The fourth-order valence-electron chi connectivity index (χ4n) is 8.86. The molecule has 49 heavy (non-hydrogen) atoms. The molecule has 0 radical (unpaired) electrons. The minimum Gasteiger partial charge on any atom is -0.245 e. The van der Waals surface area contributed by atoms with E-state index in [-0.39, 0.29) is 0 Å². The molecule has 9 aromatic rings. The molecule has 1 spiro atoms. The van der Waals surface area contributed by atoms with Gasteiger partial charge in [-0.2, -0.15) is 0 Å². The van der Waals surface area contributed by atoms with Gasteiger partial charge in [-0.1, -0.05) is 152 Å². The van der Waals surface area contributed by atoms with Gasteiger partial charge in [0.15, 0.2) is 0 Å². The molecule has 226 valence electrons. The first kappa shape index (κ1) is 26.7. The number of aromatic nitrogens is 2. The third-order valence-electron chi connectivity index (χ3n) is 10.8. The van der Waals surface area contributed by atoms with Crippen molar-refractivity contribution in [2.75, 3.05) is 0 Å². The Morgan fingerprint density at radius 2 is 0.878 bits per heavy atom. The lowest BCUT2D eigenvalue weighted by Crippen LogP contribution is -2.26. The van der Waals surface area contributed by atoms with Crippen LogP contribution < -0.4 is 0 Å². The number of nitrogens with zero attached hydrogens (tertiary/aromatic N) is 2. The van der Waals surface area contributed by atoms with Gasteiger partial charge in [0.2, 0.25) is 0 Å². The van der Waals surface area contributed by atoms with Gasteiger partial charge in [-0.05, 0) is 73.5 Å². The third-order valence-corrected chi connectivity index (χ3v) is 10.8. The highest BCUT2D eigenvalue weighted by atomic mass is 14.8. The molecule has 0 aliphatic heterocycles. The van der Waals surface area contributed by atoms with Crippen LogP contribution in [0.4, 0.5) is 0 Å². The van der Waals surface area contributed by atoms with Crippen molar-refractivity contribution in [2.24, 2.45) is 0 Å². The molecule has 0 unspecified atom stereocenters. The number of hydrogen-bond acceptors (Lipinski definition) is 2. The summed E-state index contributed by atoms with van der Waals surface area (Å²) < 4.78 is 0. The van der Waals surface area contributed by atoms with Crippen LogP contribution in [-0.2, 0) is 5.41 Å². The molecule has 2 aromatic heterocycles. The summed E-state index contributed by atoms with van der Waals surface area (Å²) in [5.41, 5.74) is 16.1. The first-order chi connectivity index (χ1) is 24.3. The average molecular weight is 621 g/mol. The molecule has 7 aromatic carbocycles. The molecule has 2 aliphatic carbocycles. The monoisotopic (exact) mass is 620 g/mol. The predicted octanol–water partition coefficient (Wildman–Crippen LogP) is 11.6. The van der Waals surface area contributed by atoms with Gasteiger partial charge in [0.05, 0.1) is 27.8 Å². The highest BCUT2D eigenvalue weighted by molar-refractivity contribution is 6.10. The molecular weight excluding hydrogens is 593 g/mol. The summed E-state index contributed by atoms with van der Waals surface area (Å²) in [5.74, 6) is 0. The highest BCUT2D eigenvalue weighted by Crippen LogP contribution is 2.65. The second-order valence-electron chi connectivity index (χ2n) is 13.3. The van der Waals surface area contributed by atoms with Crippen LogP contribution in [0.25, 0.3) is 77.3 Å². The van der Waals surface area contributed by atoms with Gasteiger partial charge < -0.3 is 0 Å². The molecule has 2 nitrogen and oxygen atoms in total. The van der Waals surface area contributed by atoms with Crippen LogP contribution in [0.3, 0.4) is 0 Å². The fraction of sp³-hybridized carbons (Fsp3) is 0.0213. The van der Waals surface area contributed by atoms with Crippen LogP contribution >= 0.6 is 0 Å². The fourth-order valence-corrected chi connectivity index (χ4v) is 8.86. The summed E-state index contributed by atoms with van der Waals surface area (Å²) in [5, 5.41) is 4.67. The Bertz CT molecular complexity index is 2790. The highest BCUT2D eigenvalue weighted by Gasteiger charge is 2.53. The zero-order chi connectivity index (χ0) is 32.1. The molecule has 2 heteroatoms. The Labute approximate surface area is 284 Å². The van der Waals surface area contributed by atoms with Gasteiger partial charge in [-0.25, -0.2) is 9.97 Å². The van der Waals surface area contributed by atoms with E-state index in [4.69, 9.17) is 9.97 Å². The quantitative estimate of drug-likeness (QED) is 0.180. The maximum Gasteiger partial charge on any atom is 0.0972 e. The van der Waals surface area contributed by atoms with Gasteiger partial charge in [0.1, 0.15) is 0 Å². The Morgan fingerprint density at radius 1 is 0.367 bits per heavy atom. The number of fused-ring (bicyclic) bond motifs is 15. The zero-order valence-corrected chi connectivity index (χ0v) is 26.6. The number of benzene rings is 7. The van der Waals surface area contributed by atoms with Crippen molar-refractivity contribution in [3.8, 4) is 44.8 Å². The minimum atomic E-state index is -0.440. The lowest BCUT2D eigenvalue weighted by Gasteiger charge is -2.31. The summed E-state index contributed by atoms with van der Waals surface area (Å²) in [7, 11) is 0. The summed E-state index contributed by atoms with van der Waals surface area (Å²) in [6.45, 7) is 0. The van der Waals surface area contributed by atoms with E-state index in [9.17, 15) is 0 Å². The molecule has 0 saturated carbocycles. The topological polar surface area (TPSA) is 25.8 Å². The van der Waals surface area contributed by atoms with E-state index in [1.54, 1.807) is 0 Å². The Balaban J connectivity index is 1.26. The zero-order valence-electron chi connectivity index (χ0n) is 26.6. The van der Waals surface area contributed by atoms with E-state index >= 15 is 0 Å². The second-order valence-corrected chi connectivity index (χ2v) is 13.3. The first-order valence-corrected chi connectivity index (χ1v) is 16.9. The Morgan fingerprint density at radius 3 is 1.57 bits per heavy atom. The summed E-state index contributed by atoms with van der Waals surface area (Å²) in [6, 6.07) is 61.7. The van der Waals surface area contributed by atoms with Crippen molar-refractivity contribution in [1.29, 1.82) is 0 Å². The van der Waals surface area contributed by atoms with E-state index in [1.165, 1.54) is 55.3 Å². The Kier molecular flexibility index (Phi) is 5.34. The van der Waals surface area contributed by atoms with E-state index < -0.39 is 5.41 Å². The van der Waals surface area contributed by atoms with Crippen LogP contribution in [0.2, 0.25) is 0 Å². The van der Waals surface area contributed by atoms with Crippen LogP contribution in [0, 0.1) is 0 Å². The molecule has 0 bridgehead atoms. The van der Waals surface area contributed by atoms with Crippen molar-refractivity contribution in [3.05, 3.63) is 192 Å². The van der Waals surface area contributed by atoms with Crippen molar-refractivity contribution in [1.82, 2.24) is 9.97 Å². The average Bonchev–Trinajstić information content (AvgIpc) is 3.65. The SMILES string of the molecule is c1ccc(-c2ccc3ccc4ccc(-c5cc6ccccc6c6c5-c5ccccc5C65c6ccccc6-c6ccccc65)nc4c3n2)cc1. The van der Waals surface area contributed by atoms with E-state index in [0.29, 0.717) is 0 Å². The standard InChI is InChI=1S/C47H28N2/c1-2-12-29(13-3-1)41-26-24-30-22-23-31-25-27-42(49-46(31)45(30)48-41)37-28-32-14-4-5-15-33(32)44-43(37)36-18-8-11-21-40(36)47(44)38-19-9-6-16-34(38)35-17-7-10-20-39(35)47/h1-28H. The molecule has 0 fully saturated rings. The summed E-state index contributed by atoms with van der Waals surface area (Å²) in [6.07, 6.45) is 0. The summed E-state index contributed by atoms with van der Waals surface area (Å²) in [4.78, 5) is 10.7. The molecule has 0 atom stereocenters. The van der Waals surface area contributed by atoms with Crippen molar-refractivity contribution >= 4 is 32.6 Å². The van der Waals surface area contributed by atoms with Crippen molar-refractivity contribution in [2.45, 2.75) is 5.41 Å². The Hall–Kier alpha value is -6.38. The van der Waals surface area contributed by atoms with Gasteiger partial charge >= 0.3 is 0 Å². The molecule has 2 heterocycles. The molecular formula is C47H28N2. The minimum absolute atomic E-state index is 0.440. The van der Waals surface area contributed by atoms with Crippen LogP contribution in [0.1, 0.15) is 22.3 Å². The van der Waals surface area contributed by atoms with Crippen molar-refractivity contribution in [3.63, 3.8) is 0 Å². The number of pyridine rings is 2. The lowest BCUT2D eigenvalue weighted by molar-refractivity contribution is 0.801. The molecule has 11 rings (SSSR count). The largest absolute Gasteiger partial charge is 0.245 e. The van der Waals surface area contributed by atoms with Gasteiger partial charge in [0, 0.05) is 21.9 Å². The van der Waals surface area contributed by atoms with E-state index in [2.05, 4.69) is 164 Å². The smallest absolute Gasteiger partial charge is 0.0972 e. The van der Waals surface area contributed by atoms with Crippen molar-refractivity contribution < 1.29 is 0 Å². The summed E-state index contributed by atoms with van der Waals surface area (Å²) >= 11 is 0. The molecule has 0 N–H and O–H groups in total. The van der Waals surface area contributed by atoms with Crippen LogP contribution in [0.5, 0.6) is 0 Å². The van der Waals surface area contributed by atoms with E-state index in [1.807, 2.05) is 6.07 Å². The second kappa shape index (κ2) is 9.82. The normalized spacial score (nSPS) is 13.5. The number of rotatable bonds is 2. The van der Waals surface area contributed by atoms with Gasteiger partial charge in [-0.15, -0.1) is 0 Å². The third kappa shape index (κ3) is 3.50. The van der Waals surface area contributed by atoms with Crippen LogP contribution in [-0.4, -0.2) is 9.97 Å². The van der Waals surface area contributed by atoms with E-state index in [0.717, 1.165) is 44.3 Å². The molecule has 0 saturated heterocycles. The lowest BCUT2D eigenvalue weighted by atomic mass is 9.69. The maximum absolute atomic E-state index is 5.51. The number of hydrogen-bond donors (Lipinski definition) is 0. The predicted molar refractivity (Wildman–Crippen MR) is 202 cm³/mol. The molecule has 2 aliphatic rings. The maximum atomic E-state index is 5.51. The first-order valence-electron chi connectivity index (χ1n) is 16.9. The molecule has 0 amide bonds.